The zero-order valence-corrected chi connectivity index (χ0v) is 13.2. The van der Waals surface area contributed by atoms with Crippen molar-refractivity contribution in [2.75, 3.05) is 19.0 Å². The van der Waals surface area contributed by atoms with Crippen molar-refractivity contribution < 1.29 is 19.1 Å². The molecule has 23 heavy (non-hydrogen) atoms. The standard InChI is InChI=1S/C18H19NO4/c1-3-23-18(21)15-8-10-16(11-9-15)19-17(20)14-6-4-13(5-7-14)12-22-2/h4-11H,3,12H2,1-2H3,(H,19,20). The number of nitrogens with one attached hydrogen (secondary N) is 1. The minimum atomic E-state index is -0.376. The number of methoxy groups -OCH3 is 1. The van der Waals surface area contributed by atoms with Gasteiger partial charge in [-0.3, -0.25) is 4.79 Å². The summed E-state index contributed by atoms with van der Waals surface area (Å²) in [5.41, 5.74) is 2.62. The topological polar surface area (TPSA) is 64.6 Å². The summed E-state index contributed by atoms with van der Waals surface area (Å²) in [6.07, 6.45) is 0. The average molecular weight is 313 g/mol. The van der Waals surface area contributed by atoms with Gasteiger partial charge in [0.25, 0.3) is 5.91 Å². The minimum absolute atomic E-state index is 0.210. The van der Waals surface area contributed by atoms with Gasteiger partial charge in [-0.1, -0.05) is 12.1 Å². The van der Waals surface area contributed by atoms with Crippen molar-refractivity contribution in [1.29, 1.82) is 0 Å². The summed E-state index contributed by atoms with van der Waals surface area (Å²) in [5, 5.41) is 2.79. The molecular weight excluding hydrogens is 294 g/mol. The lowest BCUT2D eigenvalue weighted by Crippen LogP contribution is -2.12. The van der Waals surface area contributed by atoms with E-state index in [2.05, 4.69) is 5.32 Å². The van der Waals surface area contributed by atoms with E-state index >= 15 is 0 Å². The third kappa shape index (κ3) is 4.66. The van der Waals surface area contributed by atoms with Gasteiger partial charge in [0, 0.05) is 18.4 Å². The van der Waals surface area contributed by atoms with Gasteiger partial charge in [0.15, 0.2) is 0 Å². The van der Waals surface area contributed by atoms with Crippen molar-refractivity contribution in [1.82, 2.24) is 0 Å². The highest BCUT2D eigenvalue weighted by atomic mass is 16.5. The van der Waals surface area contributed by atoms with Gasteiger partial charge in [-0.15, -0.1) is 0 Å². The summed E-state index contributed by atoms with van der Waals surface area (Å²) >= 11 is 0. The molecule has 0 radical (unpaired) electrons. The van der Waals surface area contributed by atoms with E-state index in [1.54, 1.807) is 50.4 Å². The molecular formula is C18H19NO4. The molecule has 0 fully saturated rings. The molecule has 0 saturated heterocycles. The summed E-state index contributed by atoms with van der Waals surface area (Å²) in [6.45, 7) is 2.60. The van der Waals surface area contributed by atoms with Crippen LogP contribution in [0.2, 0.25) is 0 Å². The molecule has 0 spiro atoms. The van der Waals surface area contributed by atoms with Gasteiger partial charge in [-0.2, -0.15) is 0 Å². The molecule has 0 saturated carbocycles. The minimum Gasteiger partial charge on any atom is -0.462 e. The monoisotopic (exact) mass is 313 g/mol. The smallest absolute Gasteiger partial charge is 0.338 e. The van der Waals surface area contributed by atoms with Gasteiger partial charge in [0.05, 0.1) is 18.8 Å². The highest BCUT2D eigenvalue weighted by molar-refractivity contribution is 6.04. The summed E-state index contributed by atoms with van der Waals surface area (Å²) in [5.74, 6) is -0.586. The van der Waals surface area contributed by atoms with Crippen molar-refractivity contribution in [2.45, 2.75) is 13.5 Å². The van der Waals surface area contributed by atoms with Crippen LogP contribution in [0.15, 0.2) is 48.5 Å². The molecule has 0 bridgehead atoms. The molecule has 0 aromatic heterocycles. The average Bonchev–Trinajstić information content (AvgIpc) is 2.56. The molecule has 0 aliphatic carbocycles. The molecule has 1 N–H and O–H groups in total. The molecule has 120 valence electrons. The predicted molar refractivity (Wildman–Crippen MR) is 87.5 cm³/mol. The molecule has 0 heterocycles. The van der Waals surface area contributed by atoms with Crippen LogP contribution in [0.5, 0.6) is 0 Å². The molecule has 2 aromatic rings. The number of carbonyl (C=O) groups excluding carboxylic acids is 2. The Labute approximate surface area is 135 Å². The van der Waals surface area contributed by atoms with Gasteiger partial charge >= 0.3 is 5.97 Å². The first kappa shape index (κ1) is 16.7. The Morgan fingerprint density at radius 1 is 0.957 bits per heavy atom. The number of anilines is 1. The third-order valence-electron chi connectivity index (χ3n) is 3.18. The van der Waals surface area contributed by atoms with Crippen LogP contribution in [0, 0.1) is 0 Å². The van der Waals surface area contributed by atoms with Crippen LogP contribution in [-0.2, 0) is 16.1 Å². The maximum atomic E-state index is 12.2. The van der Waals surface area contributed by atoms with Gasteiger partial charge in [-0.05, 0) is 48.9 Å². The Hall–Kier alpha value is -2.66. The number of esters is 1. The second-order valence-corrected chi connectivity index (χ2v) is 4.88. The molecule has 2 aromatic carbocycles. The lowest BCUT2D eigenvalue weighted by Gasteiger charge is -2.07. The molecule has 5 heteroatoms. The first-order valence-electron chi connectivity index (χ1n) is 7.30. The zero-order chi connectivity index (χ0) is 16.7. The van der Waals surface area contributed by atoms with Crippen molar-refractivity contribution in [3.05, 3.63) is 65.2 Å². The van der Waals surface area contributed by atoms with E-state index < -0.39 is 0 Å². The summed E-state index contributed by atoms with van der Waals surface area (Å²) in [6, 6.07) is 13.8. The first-order valence-corrected chi connectivity index (χ1v) is 7.30. The summed E-state index contributed by atoms with van der Waals surface area (Å²) in [4.78, 5) is 23.7. The number of benzene rings is 2. The van der Waals surface area contributed by atoms with Crippen LogP contribution in [0.3, 0.4) is 0 Å². The lowest BCUT2D eigenvalue weighted by molar-refractivity contribution is 0.0526. The zero-order valence-electron chi connectivity index (χ0n) is 13.2. The quantitative estimate of drug-likeness (QED) is 0.831. The van der Waals surface area contributed by atoms with Crippen LogP contribution in [0.4, 0.5) is 5.69 Å². The fourth-order valence-corrected chi connectivity index (χ4v) is 2.03. The van der Waals surface area contributed by atoms with E-state index in [1.807, 2.05) is 12.1 Å². The van der Waals surface area contributed by atoms with Gasteiger partial charge in [0.1, 0.15) is 0 Å². The van der Waals surface area contributed by atoms with Crippen LogP contribution in [0.25, 0.3) is 0 Å². The first-order chi connectivity index (χ1) is 11.1. The maximum Gasteiger partial charge on any atom is 0.338 e. The number of carbonyl (C=O) groups is 2. The molecule has 0 unspecified atom stereocenters. The van der Waals surface area contributed by atoms with Crippen LogP contribution >= 0.6 is 0 Å². The van der Waals surface area contributed by atoms with Crippen LogP contribution in [-0.4, -0.2) is 25.6 Å². The second kappa shape index (κ2) is 8.10. The van der Waals surface area contributed by atoms with E-state index in [9.17, 15) is 9.59 Å². The fourth-order valence-electron chi connectivity index (χ4n) is 2.03. The molecule has 1 amide bonds. The predicted octanol–water partition coefficient (Wildman–Crippen LogP) is 3.26. The number of ether oxygens (including phenoxy) is 2. The third-order valence-corrected chi connectivity index (χ3v) is 3.18. The van der Waals surface area contributed by atoms with E-state index in [-0.39, 0.29) is 11.9 Å². The highest BCUT2D eigenvalue weighted by Gasteiger charge is 2.08. The van der Waals surface area contributed by atoms with Gasteiger partial charge in [-0.25, -0.2) is 4.79 Å². The highest BCUT2D eigenvalue weighted by Crippen LogP contribution is 2.13. The number of hydrogen-bond donors (Lipinski definition) is 1. The van der Waals surface area contributed by atoms with Crippen LogP contribution in [0.1, 0.15) is 33.2 Å². The fraction of sp³-hybridized carbons (Fsp3) is 0.222. The normalized spacial score (nSPS) is 10.2. The van der Waals surface area contributed by atoms with E-state index in [0.29, 0.717) is 30.0 Å². The van der Waals surface area contributed by atoms with Crippen molar-refractivity contribution in [2.24, 2.45) is 0 Å². The Morgan fingerprint density at radius 2 is 1.57 bits per heavy atom. The largest absolute Gasteiger partial charge is 0.462 e. The Balaban J connectivity index is 2.00. The SMILES string of the molecule is CCOC(=O)c1ccc(NC(=O)c2ccc(COC)cc2)cc1. The van der Waals surface area contributed by atoms with E-state index in [1.165, 1.54) is 0 Å². The summed E-state index contributed by atoms with van der Waals surface area (Å²) < 4.78 is 9.95. The van der Waals surface area contributed by atoms with Crippen molar-refractivity contribution in [3.63, 3.8) is 0 Å². The van der Waals surface area contributed by atoms with Gasteiger partial charge in [0.2, 0.25) is 0 Å². The van der Waals surface area contributed by atoms with E-state index in [0.717, 1.165) is 5.56 Å². The van der Waals surface area contributed by atoms with Crippen LogP contribution < -0.4 is 5.32 Å². The van der Waals surface area contributed by atoms with Crippen molar-refractivity contribution >= 4 is 17.6 Å². The molecule has 0 aliphatic rings. The lowest BCUT2D eigenvalue weighted by atomic mass is 10.1. The van der Waals surface area contributed by atoms with Gasteiger partial charge < -0.3 is 14.8 Å². The number of amides is 1. The molecule has 0 aliphatic heterocycles. The van der Waals surface area contributed by atoms with Crippen molar-refractivity contribution in [3.8, 4) is 0 Å². The maximum absolute atomic E-state index is 12.2. The number of rotatable bonds is 6. The summed E-state index contributed by atoms with van der Waals surface area (Å²) in [7, 11) is 1.63. The molecule has 5 nitrogen and oxygen atoms in total. The Morgan fingerprint density at radius 3 is 2.13 bits per heavy atom. The Bertz CT molecular complexity index is 662. The molecule has 0 atom stereocenters. The molecule has 2 rings (SSSR count). The number of hydrogen-bond acceptors (Lipinski definition) is 4. The second-order valence-electron chi connectivity index (χ2n) is 4.88. The van der Waals surface area contributed by atoms with E-state index in [4.69, 9.17) is 9.47 Å². The Kier molecular flexibility index (Phi) is 5.88.